The summed E-state index contributed by atoms with van der Waals surface area (Å²) >= 11 is 0. The zero-order valence-corrected chi connectivity index (χ0v) is 12.2. The molecule has 0 heterocycles. The molecule has 0 aliphatic rings. The van der Waals surface area contributed by atoms with Gasteiger partial charge in [0, 0.05) is 6.04 Å². The lowest BCUT2D eigenvalue weighted by Crippen LogP contribution is -2.43. The van der Waals surface area contributed by atoms with E-state index in [0.717, 1.165) is 0 Å². The van der Waals surface area contributed by atoms with Gasteiger partial charge in [0.15, 0.2) is 6.61 Å². The number of carbonyl (C=O) groups excluding carboxylic acids is 2. The average molecular weight is 278 g/mol. The van der Waals surface area contributed by atoms with Crippen molar-refractivity contribution in [3.63, 3.8) is 0 Å². The fraction of sp³-hybridized carbons (Fsp3) is 0.467. The van der Waals surface area contributed by atoms with E-state index in [0.29, 0.717) is 11.7 Å². The van der Waals surface area contributed by atoms with E-state index in [2.05, 4.69) is 10.6 Å². The molecule has 0 saturated carbocycles. The van der Waals surface area contributed by atoms with Crippen LogP contribution in [0.15, 0.2) is 30.3 Å². The van der Waals surface area contributed by atoms with Crippen molar-refractivity contribution in [2.45, 2.75) is 26.8 Å². The van der Waals surface area contributed by atoms with Crippen LogP contribution in [0.2, 0.25) is 0 Å². The van der Waals surface area contributed by atoms with Crippen LogP contribution in [0.3, 0.4) is 0 Å². The molecule has 20 heavy (non-hydrogen) atoms. The summed E-state index contributed by atoms with van der Waals surface area (Å²) in [5.41, 5.74) is 0. The second-order valence-electron chi connectivity index (χ2n) is 4.98. The summed E-state index contributed by atoms with van der Waals surface area (Å²) in [5, 5.41) is 5.33. The van der Waals surface area contributed by atoms with Crippen LogP contribution < -0.4 is 15.4 Å². The van der Waals surface area contributed by atoms with Gasteiger partial charge in [-0.2, -0.15) is 0 Å². The highest BCUT2D eigenvalue weighted by Crippen LogP contribution is 2.07. The Balaban J connectivity index is 2.21. The predicted octanol–water partition coefficient (Wildman–Crippen LogP) is 1.34. The molecule has 1 unspecified atom stereocenters. The number of carbonyl (C=O) groups is 2. The quantitative estimate of drug-likeness (QED) is 0.791. The molecule has 2 N–H and O–H groups in total. The van der Waals surface area contributed by atoms with E-state index < -0.39 is 0 Å². The monoisotopic (exact) mass is 278 g/mol. The third kappa shape index (κ3) is 6.22. The average Bonchev–Trinajstić information content (AvgIpc) is 2.43. The number of rotatable bonds is 7. The Labute approximate surface area is 119 Å². The lowest BCUT2D eigenvalue weighted by molar-refractivity contribution is -0.127. The first-order valence-electron chi connectivity index (χ1n) is 6.73. The van der Waals surface area contributed by atoms with Gasteiger partial charge in [0.1, 0.15) is 5.75 Å². The zero-order valence-electron chi connectivity index (χ0n) is 12.2. The number of ether oxygens (including phenoxy) is 1. The molecule has 5 heteroatoms. The summed E-state index contributed by atoms with van der Waals surface area (Å²) in [6.07, 6.45) is 0. The highest BCUT2D eigenvalue weighted by Gasteiger charge is 2.11. The van der Waals surface area contributed by atoms with E-state index in [1.807, 2.05) is 39.0 Å². The molecule has 0 bridgehead atoms. The molecule has 0 fully saturated rings. The fourth-order valence-electron chi connectivity index (χ4n) is 1.37. The van der Waals surface area contributed by atoms with E-state index in [4.69, 9.17) is 4.74 Å². The van der Waals surface area contributed by atoms with Crippen LogP contribution in [-0.4, -0.2) is 31.0 Å². The second-order valence-corrected chi connectivity index (χ2v) is 4.98. The van der Waals surface area contributed by atoms with Gasteiger partial charge in [-0.05, 0) is 25.0 Å². The van der Waals surface area contributed by atoms with Gasteiger partial charge in [0.25, 0.3) is 5.91 Å². The van der Waals surface area contributed by atoms with Crippen molar-refractivity contribution in [3.05, 3.63) is 30.3 Å². The fourth-order valence-corrected chi connectivity index (χ4v) is 1.37. The zero-order chi connectivity index (χ0) is 15.0. The van der Waals surface area contributed by atoms with Gasteiger partial charge in [-0.3, -0.25) is 9.59 Å². The minimum absolute atomic E-state index is 0.0337. The minimum atomic E-state index is -0.318. The number of hydrogen-bond acceptors (Lipinski definition) is 3. The molecule has 0 aliphatic carbocycles. The summed E-state index contributed by atoms with van der Waals surface area (Å²) < 4.78 is 5.28. The molecule has 0 aliphatic heterocycles. The Kier molecular flexibility index (Phi) is 6.56. The molecular formula is C15H22N2O3. The van der Waals surface area contributed by atoms with Crippen molar-refractivity contribution in [1.29, 1.82) is 0 Å². The summed E-state index contributed by atoms with van der Waals surface area (Å²) in [7, 11) is 0. The number of para-hydroxylation sites is 1. The molecule has 0 saturated heterocycles. The van der Waals surface area contributed by atoms with Crippen LogP contribution in [0.1, 0.15) is 20.8 Å². The topological polar surface area (TPSA) is 67.4 Å². The molecule has 0 spiro atoms. The van der Waals surface area contributed by atoms with Crippen molar-refractivity contribution < 1.29 is 14.3 Å². The molecule has 1 aromatic rings. The highest BCUT2D eigenvalue weighted by atomic mass is 16.5. The van der Waals surface area contributed by atoms with Crippen LogP contribution in [-0.2, 0) is 9.59 Å². The summed E-state index contributed by atoms with van der Waals surface area (Å²) in [6, 6.07) is 9.14. The lowest BCUT2D eigenvalue weighted by atomic mass is 10.1. The van der Waals surface area contributed by atoms with Gasteiger partial charge in [-0.15, -0.1) is 0 Å². The Hall–Kier alpha value is -2.04. The van der Waals surface area contributed by atoms with Crippen LogP contribution in [0.4, 0.5) is 0 Å². The van der Waals surface area contributed by atoms with Crippen LogP contribution in [0, 0.1) is 5.92 Å². The summed E-state index contributed by atoms with van der Waals surface area (Å²) in [5.74, 6) is 0.470. The summed E-state index contributed by atoms with van der Waals surface area (Å²) in [6.45, 7) is 5.85. The molecule has 5 nitrogen and oxygen atoms in total. The van der Waals surface area contributed by atoms with E-state index in [1.54, 1.807) is 12.1 Å². The first-order valence-corrected chi connectivity index (χ1v) is 6.73. The third-order valence-corrected chi connectivity index (χ3v) is 2.95. The van der Waals surface area contributed by atoms with E-state index >= 15 is 0 Å². The smallest absolute Gasteiger partial charge is 0.258 e. The van der Waals surface area contributed by atoms with Crippen molar-refractivity contribution in [2.75, 3.05) is 13.2 Å². The van der Waals surface area contributed by atoms with Gasteiger partial charge in [-0.25, -0.2) is 0 Å². The number of hydrogen-bond donors (Lipinski definition) is 2. The summed E-state index contributed by atoms with van der Waals surface area (Å²) in [4.78, 5) is 23.1. The first kappa shape index (κ1) is 16.0. The third-order valence-electron chi connectivity index (χ3n) is 2.95. The Morgan fingerprint density at radius 1 is 1.10 bits per heavy atom. The van der Waals surface area contributed by atoms with Crippen LogP contribution >= 0.6 is 0 Å². The molecule has 1 atom stereocenters. The van der Waals surface area contributed by atoms with Gasteiger partial charge in [-0.1, -0.05) is 32.0 Å². The molecule has 110 valence electrons. The maximum Gasteiger partial charge on any atom is 0.258 e. The molecule has 1 rings (SSSR count). The molecule has 0 radical (unpaired) electrons. The SMILES string of the molecule is CC(C)C(C)NC(=O)CNC(=O)COc1ccccc1. The van der Waals surface area contributed by atoms with Crippen LogP contribution in [0.5, 0.6) is 5.75 Å². The Morgan fingerprint density at radius 3 is 2.35 bits per heavy atom. The molecule has 2 amide bonds. The maximum atomic E-state index is 11.6. The highest BCUT2D eigenvalue weighted by molar-refractivity contribution is 5.85. The van der Waals surface area contributed by atoms with E-state index in [1.165, 1.54) is 0 Å². The minimum Gasteiger partial charge on any atom is -0.484 e. The van der Waals surface area contributed by atoms with Crippen molar-refractivity contribution in [1.82, 2.24) is 10.6 Å². The number of benzene rings is 1. The van der Waals surface area contributed by atoms with Crippen molar-refractivity contribution in [2.24, 2.45) is 5.92 Å². The largest absolute Gasteiger partial charge is 0.484 e. The predicted molar refractivity (Wildman–Crippen MR) is 77.4 cm³/mol. The number of nitrogens with one attached hydrogen (secondary N) is 2. The van der Waals surface area contributed by atoms with Gasteiger partial charge < -0.3 is 15.4 Å². The van der Waals surface area contributed by atoms with Gasteiger partial charge in [0.2, 0.25) is 5.91 Å². The lowest BCUT2D eigenvalue weighted by Gasteiger charge is -2.17. The van der Waals surface area contributed by atoms with E-state index in [-0.39, 0.29) is 31.0 Å². The first-order chi connectivity index (χ1) is 9.49. The Bertz CT molecular complexity index is 432. The van der Waals surface area contributed by atoms with E-state index in [9.17, 15) is 9.59 Å². The Morgan fingerprint density at radius 2 is 1.75 bits per heavy atom. The maximum absolute atomic E-state index is 11.6. The molecular weight excluding hydrogens is 256 g/mol. The number of amides is 2. The second kappa shape index (κ2) is 8.19. The molecule has 1 aromatic carbocycles. The molecule has 0 aromatic heterocycles. The van der Waals surface area contributed by atoms with Gasteiger partial charge in [0.05, 0.1) is 6.54 Å². The van der Waals surface area contributed by atoms with Crippen molar-refractivity contribution in [3.8, 4) is 5.75 Å². The van der Waals surface area contributed by atoms with Crippen molar-refractivity contribution >= 4 is 11.8 Å². The normalized spacial score (nSPS) is 11.8. The van der Waals surface area contributed by atoms with Gasteiger partial charge >= 0.3 is 0 Å². The van der Waals surface area contributed by atoms with Crippen LogP contribution in [0.25, 0.3) is 0 Å². The standard InChI is InChI=1S/C15H22N2O3/c1-11(2)12(3)17-14(18)9-16-15(19)10-20-13-7-5-4-6-8-13/h4-8,11-12H,9-10H2,1-3H3,(H,16,19)(H,17,18).